The van der Waals surface area contributed by atoms with Crippen LogP contribution < -0.4 is 0 Å². The van der Waals surface area contributed by atoms with E-state index < -0.39 is 0 Å². The zero-order valence-corrected chi connectivity index (χ0v) is 33.2. The molecule has 0 aliphatic carbocycles. The summed E-state index contributed by atoms with van der Waals surface area (Å²) < 4.78 is 0. The predicted molar refractivity (Wildman–Crippen MR) is 246 cm³/mol. The first-order valence-electron chi connectivity index (χ1n) is 20.0. The third-order valence-corrected chi connectivity index (χ3v) is 11.5. The zero-order valence-electron chi connectivity index (χ0n) is 33.2. The number of rotatable bonds is 6. The van der Waals surface area contributed by atoms with Crippen LogP contribution in [0.25, 0.3) is 99.3 Å². The first-order valence-corrected chi connectivity index (χ1v) is 20.0. The van der Waals surface area contributed by atoms with Gasteiger partial charge in [0.05, 0.1) is 11.4 Å². The second-order valence-electron chi connectivity index (χ2n) is 15.8. The summed E-state index contributed by atoms with van der Waals surface area (Å²) in [5, 5.41) is 7.42. The average molecular weight is 743 g/mol. The molecule has 2 heteroatoms. The first kappa shape index (κ1) is 35.3. The molecule has 2 heterocycles. The van der Waals surface area contributed by atoms with Gasteiger partial charge in [-0.15, -0.1) is 0 Å². The molecule has 0 aliphatic heterocycles. The molecule has 0 amide bonds. The molecule has 10 rings (SSSR count). The number of aromatic nitrogens is 2. The quantitative estimate of drug-likeness (QED) is 0.159. The van der Waals surface area contributed by atoms with E-state index in [0.29, 0.717) is 0 Å². The molecule has 0 saturated carbocycles. The van der Waals surface area contributed by atoms with Crippen molar-refractivity contribution in [3.8, 4) is 67.0 Å². The van der Waals surface area contributed by atoms with Crippen molar-refractivity contribution in [2.45, 2.75) is 27.7 Å². The average Bonchev–Trinajstić information content (AvgIpc) is 3.25. The molecule has 0 fully saturated rings. The molecular weight excluding hydrogens is 701 g/mol. The fourth-order valence-corrected chi connectivity index (χ4v) is 8.46. The molecule has 0 radical (unpaired) electrons. The third-order valence-electron chi connectivity index (χ3n) is 11.5. The van der Waals surface area contributed by atoms with Gasteiger partial charge in [-0.2, -0.15) is 0 Å². The maximum absolute atomic E-state index is 5.26. The van der Waals surface area contributed by atoms with E-state index in [1.165, 1.54) is 76.8 Å². The van der Waals surface area contributed by atoms with Crippen molar-refractivity contribution in [2.24, 2.45) is 0 Å². The minimum Gasteiger partial charge on any atom is -0.258 e. The summed E-state index contributed by atoms with van der Waals surface area (Å²) in [4.78, 5) is 9.86. The van der Waals surface area contributed by atoms with Crippen molar-refractivity contribution in [3.05, 3.63) is 205 Å². The van der Waals surface area contributed by atoms with Crippen LogP contribution in [0.4, 0.5) is 0 Å². The highest BCUT2D eigenvalue weighted by Crippen LogP contribution is 2.41. The van der Waals surface area contributed by atoms with Crippen LogP contribution in [0.2, 0.25) is 0 Å². The molecule has 0 bridgehead atoms. The second-order valence-corrected chi connectivity index (χ2v) is 15.8. The van der Waals surface area contributed by atoms with Crippen molar-refractivity contribution in [2.75, 3.05) is 0 Å². The zero-order chi connectivity index (χ0) is 39.3. The first-order chi connectivity index (χ1) is 28.3. The highest BCUT2D eigenvalue weighted by atomic mass is 14.7. The minimum absolute atomic E-state index is 0.956. The summed E-state index contributed by atoms with van der Waals surface area (Å²) in [6, 6.07) is 66.9. The van der Waals surface area contributed by atoms with Gasteiger partial charge in [-0.05, 0) is 165 Å². The van der Waals surface area contributed by atoms with Gasteiger partial charge in [0, 0.05) is 22.5 Å². The summed E-state index contributed by atoms with van der Waals surface area (Å²) in [6.45, 7) is 8.38. The van der Waals surface area contributed by atoms with E-state index >= 15 is 0 Å². The van der Waals surface area contributed by atoms with Crippen LogP contribution >= 0.6 is 0 Å². The fraction of sp³-hybridized carbons (Fsp3) is 0.0714. The number of fused-ring (bicyclic) bond motifs is 4. The largest absolute Gasteiger partial charge is 0.258 e. The molecule has 2 nitrogen and oxygen atoms in total. The normalized spacial score (nSPS) is 11.4. The summed E-state index contributed by atoms with van der Waals surface area (Å²) in [6.07, 6.45) is 0. The second kappa shape index (κ2) is 14.4. The Hall–Kier alpha value is -7.16. The number of hydrogen-bond donors (Lipinski definition) is 0. The van der Waals surface area contributed by atoms with E-state index in [4.69, 9.17) is 4.98 Å². The molecule has 58 heavy (non-hydrogen) atoms. The number of nitrogens with zero attached hydrogens (tertiary/aromatic N) is 2. The molecule has 8 aromatic carbocycles. The summed E-state index contributed by atoms with van der Waals surface area (Å²) >= 11 is 0. The Morgan fingerprint density at radius 1 is 0.276 bits per heavy atom. The maximum Gasteiger partial charge on any atom is 0.0715 e. The van der Waals surface area contributed by atoms with Crippen LogP contribution in [0.15, 0.2) is 182 Å². The van der Waals surface area contributed by atoms with Gasteiger partial charge in [0.2, 0.25) is 0 Å². The number of pyridine rings is 2. The SMILES string of the molecule is Cc1ccc(-c2cc(-c3cc(-c4ccc5cc(-c6cc(C)nc(C)c6)ccc5c4)cc(-c4cc5ccccc5c5ccccc45)c3)cc(-c3ccc(C)cc3)n2)cc1. The molecule has 0 spiro atoms. The number of benzene rings is 8. The van der Waals surface area contributed by atoms with Gasteiger partial charge < -0.3 is 0 Å². The van der Waals surface area contributed by atoms with Crippen LogP contribution in [-0.2, 0) is 0 Å². The Morgan fingerprint density at radius 3 is 1.31 bits per heavy atom. The molecule has 0 aliphatic rings. The van der Waals surface area contributed by atoms with Crippen LogP contribution in [0.5, 0.6) is 0 Å². The van der Waals surface area contributed by atoms with E-state index in [9.17, 15) is 0 Å². The third kappa shape index (κ3) is 6.73. The van der Waals surface area contributed by atoms with Gasteiger partial charge >= 0.3 is 0 Å². The van der Waals surface area contributed by atoms with Crippen molar-refractivity contribution in [3.63, 3.8) is 0 Å². The van der Waals surface area contributed by atoms with E-state index in [1.54, 1.807) is 0 Å². The molecule has 10 aromatic rings. The lowest BCUT2D eigenvalue weighted by molar-refractivity contribution is 1.12. The van der Waals surface area contributed by atoms with Crippen LogP contribution in [0.3, 0.4) is 0 Å². The van der Waals surface area contributed by atoms with Crippen LogP contribution in [0.1, 0.15) is 22.5 Å². The number of aryl methyl sites for hydroxylation is 4. The molecule has 0 unspecified atom stereocenters. The van der Waals surface area contributed by atoms with E-state index in [0.717, 1.165) is 45.0 Å². The monoisotopic (exact) mass is 742 g/mol. The van der Waals surface area contributed by atoms with E-state index in [-0.39, 0.29) is 0 Å². The van der Waals surface area contributed by atoms with Gasteiger partial charge in [-0.3, -0.25) is 4.98 Å². The Bertz CT molecular complexity index is 3110. The van der Waals surface area contributed by atoms with Gasteiger partial charge in [0.1, 0.15) is 0 Å². The molecular formula is C56H42N2. The van der Waals surface area contributed by atoms with Crippen molar-refractivity contribution in [1.29, 1.82) is 0 Å². The Labute approximate surface area is 340 Å². The van der Waals surface area contributed by atoms with E-state index in [1.807, 2.05) is 0 Å². The minimum atomic E-state index is 0.956. The Balaban J connectivity index is 1.19. The molecule has 0 N–H and O–H groups in total. The van der Waals surface area contributed by atoms with Crippen LogP contribution in [-0.4, -0.2) is 9.97 Å². The fourth-order valence-electron chi connectivity index (χ4n) is 8.46. The smallest absolute Gasteiger partial charge is 0.0715 e. The highest BCUT2D eigenvalue weighted by Gasteiger charge is 2.15. The predicted octanol–water partition coefficient (Wildman–Crippen LogP) is 15.2. The lowest BCUT2D eigenvalue weighted by atomic mass is 9.88. The molecule has 0 atom stereocenters. The lowest BCUT2D eigenvalue weighted by Gasteiger charge is -2.16. The number of hydrogen-bond acceptors (Lipinski definition) is 2. The van der Waals surface area contributed by atoms with Gasteiger partial charge in [-0.25, -0.2) is 4.98 Å². The van der Waals surface area contributed by atoms with Gasteiger partial charge in [0.25, 0.3) is 0 Å². The summed E-state index contributed by atoms with van der Waals surface area (Å²) in [7, 11) is 0. The van der Waals surface area contributed by atoms with Gasteiger partial charge in [-0.1, -0.05) is 132 Å². The highest BCUT2D eigenvalue weighted by molar-refractivity contribution is 6.14. The summed E-state index contributed by atoms with van der Waals surface area (Å²) in [5.74, 6) is 0. The molecule has 2 aromatic heterocycles. The molecule has 0 saturated heterocycles. The summed E-state index contributed by atoms with van der Waals surface area (Å²) in [5.41, 5.74) is 18.1. The maximum atomic E-state index is 5.26. The van der Waals surface area contributed by atoms with Crippen molar-refractivity contribution in [1.82, 2.24) is 9.97 Å². The Morgan fingerprint density at radius 2 is 0.724 bits per heavy atom. The Kier molecular flexibility index (Phi) is 8.76. The topological polar surface area (TPSA) is 25.8 Å². The van der Waals surface area contributed by atoms with E-state index in [2.05, 4.69) is 215 Å². The van der Waals surface area contributed by atoms with Crippen molar-refractivity contribution >= 4 is 32.3 Å². The molecule has 276 valence electrons. The standard InChI is InChI=1S/C56H42N2/c1-35-13-17-39(18-14-35)55-33-49(34-56(58-55)40-19-15-36(2)16-20-40)48-29-47(30-50(31-48)54-32-45-9-5-6-10-51(45)52-11-7-8-12-53(52)54)44-24-22-41-27-43(23-21-42(41)28-44)46-25-37(3)57-38(4)26-46/h5-34H,1-4H3. The van der Waals surface area contributed by atoms with Crippen molar-refractivity contribution < 1.29 is 0 Å². The lowest BCUT2D eigenvalue weighted by Crippen LogP contribution is -1.93. The van der Waals surface area contributed by atoms with Gasteiger partial charge in [0.15, 0.2) is 0 Å². The van der Waals surface area contributed by atoms with Crippen LogP contribution in [0, 0.1) is 27.7 Å².